The third-order valence-corrected chi connectivity index (χ3v) is 4.48. The summed E-state index contributed by atoms with van der Waals surface area (Å²) in [6.07, 6.45) is 1.02. The lowest BCUT2D eigenvalue weighted by molar-refractivity contribution is -0.139. The smallest absolute Gasteiger partial charge is 0.239 e. The van der Waals surface area contributed by atoms with E-state index in [2.05, 4.69) is 5.32 Å². The molecule has 136 valence electrons. The van der Waals surface area contributed by atoms with E-state index in [0.29, 0.717) is 26.2 Å². The van der Waals surface area contributed by atoms with Gasteiger partial charge in [0, 0.05) is 32.6 Å². The fraction of sp³-hybridized carbons (Fsp3) is 0.526. The summed E-state index contributed by atoms with van der Waals surface area (Å²) in [6.45, 7) is 5.81. The maximum atomic E-state index is 12.6. The predicted molar refractivity (Wildman–Crippen MR) is 95.8 cm³/mol. The topological polar surface area (TPSA) is 69.7 Å². The quantitative estimate of drug-likeness (QED) is 0.766. The van der Waals surface area contributed by atoms with Crippen LogP contribution >= 0.6 is 0 Å². The van der Waals surface area contributed by atoms with Crippen molar-refractivity contribution in [1.82, 2.24) is 15.1 Å². The minimum Gasteiger partial charge on any atom is -0.355 e. The molecule has 1 aromatic rings. The van der Waals surface area contributed by atoms with Crippen LogP contribution in [0.25, 0.3) is 0 Å². The molecule has 1 unspecified atom stereocenters. The van der Waals surface area contributed by atoms with Gasteiger partial charge in [0.25, 0.3) is 0 Å². The summed E-state index contributed by atoms with van der Waals surface area (Å²) in [5.74, 6) is -0.603. The van der Waals surface area contributed by atoms with Crippen LogP contribution in [0.3, 0.4) is 0 Å². The van der Waals surface area contributed by atoms with E-state index >= 15 is 0 Å². The number of amides is 3. The minimum absolute atomic E-state index is 0.0170. The van der Waals surface area contributed by atoms with Gasteiger partial charge in [-0.3, -0.25) is 14.4 Å². The largest absolute Gasteiger partial charge is 0.355 e. The van der Waals surface area contributed by atoms with Gasteiger partial charge in [-0.2, -0.15) is 0 Å². The van der Waals surface area contributed by atoms with Crippen LogP contribution in [0.5, 0.6) is 0 Å². The number of hydrogen-bond acceptors (Lipinski definition) is 3. The summed E-state index contributed by atoms with van der Waals surface area (Å²) in [5.41, 5.74) is 1.18. The van der Waals surface area contributed by atoms with E-state index in [0.717, 1.165) is 6.42 Å². The van der Waals surface area contributed by atoms with Crippen molar-refractivity contribution < 1.29 is 14.4 Å². The molecule has 1 aromatic carbocycles. The van der Waals surface area contributed by atoms with E-state index < -0.39 is 0 Å². The van der Waals surface area contributed by atoms with Crippen molar-refractivity contribution in [2.24, 2.45) is 5.92 Å². The van der Waals surface area contributed by atoms with Gasteiger partial charge in [-0.25, -0.2) is 0 Å². The maximum absolute atomic E-state index is 12.6. The van der Waals surface area contributed by atoms with E-state index in [1.54, 1.807) is 4.90 Å². The zero-order valence-electron chi connectivity index (χ0n) is 15.0. The Morgan fingerprint density at radius 1 is 1.24 bits per heavy atom. The Morgan fingerprint density at radius 3 is 2.60 bits per heavy atom. The molecular formula is C19H27N3O3. The van der Waals surface area contributed by atoms with Gasteiger partial charge in [0.15, 0.2) is 0 Å². The number of nitrogens with zero attached hydrogens (tertiary/aromatic N) is 2. The van der Waals surface area contributed by atoms with Crippen LogP contribution < -0.4 is 5.32 Å². The van der Waals surface area contributed by atoms with Crippen molar-refractivity contribution in [3.8, 4) is 0 Å². The monoisotopic (exact) mass is 345 g/mol. The van der Waals surface area contributed by atoms with Gasteiger partial charge in [0.05, 0.1) is 12.5 Å². The first-order valence-electron chi connectivity index (χ1n) is 8.92. The Morgan fingerprint density at radius 2 is 1.96 bits per heavy atom. The highest BCUT2D eigenvalue weighted by Crippen LogP contribution is 2.20. The van der Waals surface area contributed by atoms with Crippen molar-refractivity contribution in [1.29, 1.82) is 0 Å². The highest BCUT2D eigenvalue weighted by atomic mass is 16.2. The third-order valence-electron chi connectivity index (χ3n) is 4.48. The number of benzene rings is 1. The number of carbonyl (C=O) groups is 3. The van der Waals surface area contributed by atoms with E-state index in [-0.39, 0.29) is 36.6 Å². The van der Waals surface area contributed by atoms with Gasteiger partial charge in [-0.15, -0.1) is 0 Å². The Kier molecular flexibility index (Phi) is 6.98. The molecule has 1 atom stereocenters. The lowest BCUT2D eigenvalue weighted by atomic mass is 10.1. The molecule has 0 bridgehead atoms. The molecule has 0 aromatic heterocycles. The molecule has 6 nitrogen and oxygen atoms in total. The van der Waals surface area contributed by atoms with Crippen LogP contribution in [0.1, 0.15) is 25.8 Å². The van der Waals surface area contributed by atoms with Crippen molar-refractivity contribution >= 4 is 17.7 Å². The first kappa shape index (κ1) is 19.0. The molecule has 1 saturated heterocycles. The van der Waals surface area contributed by atoms with E-state index in [1.165, 1.54) is 10.5 Å². The molecule has 1 fully saturated rings. The molecule has 1 N–H and O–H groups in total. The summed E-state index contributed by atoms with van der Waals surface area (Å²) in [7, 11) is 0. The normalized spacial score (nSPS) is 16.8. The molecule has 1 heterocycles. The van der Waals surface area contributed by atoms with Crippen LogP contribution in [0.15, 0.2) is 30.3 Å². The summed E-state index contributed by atoms with van der Waals surface area (Å²) in [6, 6.07) is 10.00. The standard InChI is InChI=1S/C19H27N3O3/c1-3-20-17(23)14-21(4-2)19(25)16-12-18(24)22(13-16)11-10-15-8-6-5-7-9-15/h5-9,16H,3-4,10-14H2,1-2H3,(H,20,23). The van der Waals surface area contributed by atoms with Gasteiger partial charge in [0.2, 0.25) is 17.7 Å². The van der Waals surface area contributed by atoms with Crippen LogP contribution in [-0.4, -0.2) is 60.2 Å². The molecule has 1 aliphatic heterocycles. The Bertz CT molecular complexity index is 603. The minimum atomic E-state index is -0.349. The molecule has 1 aliphatic rings. The molecule has 2 rings (SSSR count). The Hall–Kier alpha value is -2.37. The van der Waals surface area contributed by atoms with Crippen LogP contribution in [0, 0.1) is 5.92 Å². The van der Waals surface area contributed by atoms with Gasteiger partial charge < -0.3 is 15.1 Å². The second-order valence-electron chi connectivity index (χ2n) is 6.28. The zero-order valence-corrected chi connectivity index (χ0v) is 15.0. The van der Waals surface area contributed by atoms with Crippen LogP contribution in [0.4, 0.5) is 0 Å². The molecule has 0 aliphatic carbocycles. The average molecular weight is 345 g/mol. The van der Waals surface area contributed by atoms with Gasteiger partial charge in [-0.05, 0) is 25.8 Å². The van der Waals surface area contributed by atoms with Crippen molar-refractivity contribution in [2.75, 3.05) is 32.7 Å². The first-order valence-corrected chi connectivity index (χ1v) is 8.92. The molecule has 0 saturated carbocycles. The second kappa shape index (κ2) is 9.20. The summed E-state index contributed by atoms with van der Waals surface area (Å²) in [4.78, 5) is 39.9. The summed E-state index contributed by atoms with van der Waals surface area (Å²) >= 11 is 0. The zero-order chi connectivity index (χ0) is 18.2. The second-order valence-corrected chi connectivity index (χ2v) is 6.28. The lowest BCUT2D eigenvalue weighted by Crippen LogP contribution is -2.43. The number of nitrogens with one attached hydrogen (secondary N) is 1. The molecule has 0 radical (unpaired) electrons. The predicted octanol–water partition coefficient (Wildman–Crippen LogP) is 1.06. The fourth-order valence-corrected chi connectivity index (χ4v) is 3.09. The van der Waals surface area contributed by atoms with E-state index in [9.17, 15) is 14.4 Å². The molecule has 6 heteroatoms. The van der Waals surface area contributed by atoms with Gasteiger partial charge >= 0.3 is 0 Å². The SMILES string of the molecule is CCNC(=O)CN(CC)C(=O)C1CC(=O)N(CCc2ccccc2)C1. The number of rotatable bonds is 8. The maximum Gasteiger partial charge on any atom is 0.239 e. The number of carbonyl (C=O) groups excluding carboxylic acids is 3. The number of likely N-dealkylation sites (N-methyl/N-ethyl adjacent to an activating group) is 2. The molecule has 0 spiro atoms. The first-order chi connectivity index (χ1) is 12.0. The number of hydrogen-bond donors (Lipinski definition) is 1. The average Bonchev–Trinajstić information content (AvgIpc) is 2.99. The van der Waals surface area contributed by atoms with Gasteiger partial charge in [0.1, 0.15) is 0 Å². The van der Waals surface area contributed by atoms with Crippen molar-refractivity contribution in [3.05, 3.63) is 35.9 Å². The van der Waals surface area contributed by atoms with E-state index in [1.807, 2.05) is 44.2 Å². The Labute approximate surface area is 149 Å². The van der Waals surface area contributed by atoms with Crippen LogP contribution in [-0.2, 0) is 20.8 Å². The lowest BCUT2D eigenvalue weighted by Gasteiger charge is -2.23. The Balaban J connectivity index is 1.89. The van der Waals surface area contributed by atoms with Crippen molar-refractivity contribution in [2.45, 2.75) is 26.7 Å². The van der Waals surface area contributed by atoms with E-state index in [4.69, 9.17) is 0 Å². The summed E-state index contributed by atoms with van der Waals surface area (Å²) in [5, 5.41) is 2.70. The van der Waals surface area contributed by atoms with Crippen molar-refractivity contribution in [3.63, 3.8) is 0 Å². The summed E-state index contributed by atoms with van der Waals surface area (Å²) < 4.78 is 0. The highest BCUT2D eigenvalue weighted by molar-refractivity contribution is 5.91. The number of likely N-dealkylation sites (tertiary alicyclic amines) is 1. The highest BCUT2D eigenvalue weighted by Gasteiger charge is 2.36. The fourth-order valence-electron chi connectivity index (χ4n) is 3.09. The third kappa shape index (κ3) is 5.31. The van der Waals surface area contributed by atoms with Gasteiger partial charge in [-0.1, -0.05) is 30.3 Å². The molecule has 3 amide bonds. The molecular weight excluding hydrogens is 318 g/mol. The molecule has 25 heavy (non-hydrogen) atoms. The van der Waals surface area contributed by atoms with Crippen LogP contribution in [0.2, 0.25) is 0 Å².